The van der Waals surface area contributed by atoms with Gasteiger partial charge in [0.2, 0.25) is 5.95 Å². The number of nitrogens with zero attached hydrogens (tertiary/aromatic N) is 4. The fraction of sp³-hybridized carbons (Fsp3) is 0.400. The molecule has 1 saturated heterocycles. The number of halogens is 1. The zero-order valence-corrected chi connectivity index (χ0v) is 16.7. The van der Waals surface area contributed by atoms with Crippen LogP contribution in [0.25, 0.3) is 0 Å². The number of benzene rings is 1. The first-order chi connectivity index (χ1) is 13.5. The summed E-state index contributed by atoms with van der Waals surface area (Å²) in [6.07, 6.45) is 4.61. The molecule has 8 heteroatoms. The van der Waals surface area contributed by atoms with Crippen molar-refractivity contribution in [3.05, 3.63) is 47.2 Å². The van der Waals surface area contributed by atoms with Crippen LogP contribution in [0, 0.1) is 0 Å². The number of carbonyl (C=O) groups excluding carboxylic acids is 2. The van der Waals surface area contributed by atoms with E-state index in [1.54, 1.807) is 29.2 Å². The number of hydrogen-bond acceptors (Lipinski definition) is 5. The highest BCUT2D eigenvalue weighted by Gasteiger charge is 2.39. The molecule has 0 aliphatic carbocycles. The first kappa shape index (κ1) is 20.1. The summed E-state index contributed by atoms with van der Waals surface area (Å²) in [5, 5.41) is 0.404. The monoisotopic (exact) mass is 402 g/mol. The lowest BCUT2D eigenvalue weighted by Crippen LogP contribution is -2.39. The molecule has 0 N–H and O–H groups in total. The van der Waals surface area contributed by atoms with Crippen LogP contribution in [0.2, 0.25) is 5.02 Å². The fourth-order valence-corrected chi connectivity index (χ4v) is 3.36. The number of anilines is 1. The Kier molecular flexibility index (Phi) is 6.46. The quantitative estimate of drug-likeness (QED) is 0.627. The Hall–Kier alpha value is -2.67. The summed E-state index contributed by atoms with van der Waals surface area (Å²) < 4.78 is 5.46. The molecule has 2 aromatic rings. The van der Waals surface area contributed by atoms with E-state index in [9.17, 15) is 9.59 Å². The maximum Gasteiger partial charge on any atom is 0.327 e. The van der Waals surface area contributed by atoms with E-state index in [0.29, 0.717) is 35.4 Å². The van der Waals surface area contributed by atoms with Gasteiger partial charge in [0.15, 0.2) is 5.78 Å². The second kappa shape index (κ2) is 9.01. The fourth-order valence-electron chi connectivity index (χ4n) is 3.26. The highest BCUT2D eigenvalue weighted by atomic mass is 35.5. The molecular formula is C20H23ClN4O3. The maximum absolute atomic E-state index is 13.0. The predicted molar refractivity (Wildman–Crippen MR) is 107 cm³/mol. The summed E-state index contributed by atoms with van der Waals surface area (Å²) in [4.78, 5) is 37.2. The summed E-state index contributed by atoms with van der Waals surface area (Å²) >= 11 is 5.84. The number of rotatable bonds is 8. The average Bonchev–Trinajstić information content (AvgIpc) is 2.99. The average molecular weight is 403 g/mol. The lowest BCUT2D eigenvalue weighted by Gasteiger charge is -2.22. The second-order valence-corrected chi connectivity index (χ2v) is 6.99. The van der Waals surface area contributed by atoms with Gasteiger partial charge in [0, 0.05) is 5.56 Å². The predicted octanol–water partition coefficient (Wildman–Crippen LogP) is 3.82. The van der Waals surface area contributed by atoms with Crippen LogP contribution in [0.3, 0.4) is 0 Å². The molecule has 1 fully saturated rings. The van der Waals surface area contributed by atoms with E-state index in [1.165, 1.54) is 17.3 Å². The smallest absolute Gasteiger partial charge is 0.327 e. The lowest BCUT2D eigenvalue weighted by atomic mass is 10.1. The normalized spacial score (nSPS) is 16.5. The van der Waals surface area contributed by atoms with Crippen molar-refractivity contribution in [2.45, 2.75) is 32.7 Å². The molecule has 3 rings (SSSR count). The third-order valence-electron chi connectivity index (χ3n) is 4.56. The summed E-state index contributed by atoms with van der Waals surface area (Å²) in [6, 6.07) is 6.69. The summed E-state index contributed by atoms with van der Waals surface area (Å²) in [6.45, 7) is 4.91. The molecule has 148 valence electrons. The Balaban J connectivity index is 1.78. The van der Waals surface area contributed by atoms with Crippen LogP contribution < -0.4 is 9.64 Å². The first-order valence-corrected chi connectivity index (χ1v) is 9.73. The van der Waals surface area contributed by atoms with E-state index < -0.39 is 0 Å². The molecule has 0 saturated carbocycles. The number of ketones is 1. The van der Waals surface area contributed by atoms with Crippen LogP contribution in [0.1, 0.15) is 37.0 Å². The largest absolute Gasteiger partial charge is 0.494 e. The minimum absolute atomic E-state index is 0.00314. The number of hydrogen-bond donors (Lipinski definition) is 0. The Morgan fingerprint density at radius 2 is 2.04 bits per heavy atom. The number of amides is 2. The van der Waals surface area contributed by atoms with E-state index in [-0.39, 0.29) is 24.4 Å². The molecule has 1 aromatic carbocycles. The van der Waals surface area contributed by atoms with Crippen LogP contribution >= 0.6 is 11.6 Å². The second-order valence-electron chi connectivity index (χ2n) is 6.55. The van der Waals surface area contributed by atoms with Crippen molar-refractivity contribution >= 4 is 29.4 Å². The molecular weight excluding hydrogens is 380 g/mol. The van der Waals surface area contributed by atoms with Gasteiger partial charge in [-0.25, -0.2) is 14.8 Å². The molecule has 2 heterocycles. The van der Waals surface area contributed by atoms with Gasteiger partial charge in [-0.1, -0.05) is 37.1 Å². The number of aromatic nitrogens is 2. The molecule has 1 atom stereocenters. The number of carbonyl (C=O) groups is 2. The SMILES string of the molecule is CCC[C@H]1CN(c2ncc(Cl)cn2)C(=O)N1CC(=O)c1cccc(OCC)c1. The molecule has 1 aliphatic rings. The number of urea groups is 1. The minimum Gasteiger partial charge on any atom is -0.494 e. The van der Waals surface area contributed by atoms with Crippen molar-refractivity contribution in [1.82, 2.24) is 14.9 Å². The van der Waals surface area contributed by atoms with Crippen molar-refractivity contribution in [2.24, 2.45) is 0 Å². The van der Waals surface area contributed by atoms with Gasteiger partial charge < -0.3 is 9.64 Å². The van der Waals surface area contributed by atoms with Crippen molar-refractivity contribution in [1.29, 1.82) is 0 Å². The van der Waals surface area contributed by atoms with Gasteiger partial charge in [0.05, 0.1) is 43.2 Å². The van der Waals surface area contributed by atoms with E-state index in [4.69, 9.17) is 16.3 Å². The Morgan fingerprint density at radius 1 is 1.29 bits per heavy atom. The van der Waals surface area contributed by atoms with Crippen molar-refractivity contribution in [2.75, 3.05) is 24.6 Å². The van der Waals surface area contributed by atoms with E-state index in [0.717, 1.165) is 12.8 Å². The maximum atomic E-state index is 13.0. The van der Waals surface area contributed by atoms with Gasteiger partial charge in [-0.2, -0.15) is 0 Å². The van der Waals surface area contributed by atoms with E-state index >= 15 is 0 Å². The Morgan fingerprint density at radius 3 is 2.71 bits per heavy atom. The third-order valence-corrected chi connectivity index (χ3v) is 4.76. The van der Waals surface area contributed by atoms with E-state index in [2.05, 4.69) is 16.9 Å². The third kappa shape index (κ3) is 4.42. The molecule has 0 radical (unpaired) electrons. The molecule has 0 bridgehead atoms. The molecule has 1 aromatic heterocycles. The molecule has 2 amide bonds. The Bertz CT molecular complexity index is 844. The van der Waals surface area contributed by atoms with Crippen LogP contribution in [0.5, 0.6) is 5.75 Å². The highest BCUT2D eigenvalue weighted by Crippen LogP contribution is 2.25. The molecule has 0 unspecified atom stereocenters. The Labute approximate surface area is 169 Å². The number of ether oxygens (including phenoxy) is 1. The molecule has 28 heavy (non-hydrogen) atoms. The van der Waals surface area contributed by atoms with Gasteiger partial charge in [0.25, 0.3) is 0 Å². The summed E-state index contributed by atoms with van der Waals surface area (Å²) in [5.74, 6) is 0.807. The first-order valence-electron chi connectivity index (χ1n) is 9.35. The van der Waals surface area contributed by atoms with Gasteiger partial charge in [-0.3, -0.25) is 9.69 Å². The molecule has 7 nitrogen and oxygen atoms in total. The van der Waals surface area contributed by atoms with Crippen LogP contribution in [-0.2, 0) is 0 Å². The van der Waals surface area contributed by atoms with Gasteiger partial charge in [-0.15, -0.1) is 0 Å². The molecule has 1 aliphatic heterocycles. The van der Waals surface area contributed by atoms with Crippen molar-refractivity contribution < 1.29 is 14.3 Å². The van der Waals surface area contributed by atoms with Crippen molar-refractivity contribution in [3.8, 4) is 5.75 Å². The van der Waals surface area contributed by atoms with Gasteiger partial charge in [-0.05, 0) is 25.5 Å². The topological polar surface area (TPSA) is 75.6 Å². The van der Waals surface area contributed by atoms with Crippen LogP contribution in [0.15, 0.2) is 36.7 Å². The lowest BCUT2D eigenvalue weighted by molar-refractivity contribution is 0.0935. The van der Waals surface area contributed by atoms with Crippen molar-refractivity contribution in [3.63, 3.8) is 0 Å². The van der Waals surface area contributed by atoms with Gasteiger partial charge >= 0.3 is 6.03 Å². The minimum atomic E-state index is -0.268. The van der Waals surface area contributed by atoms with Gasteiger partial charge in [0.1, 0.15) is 5.75 Å². The standard InChI is InChI=1S/C20H23ClN4O3/c1-3-6-16-12-25(19-22-10-15(21)11-23-19)20(27)24(16)13-18(26)14-7-5-8-17(9-14)28-4-2/h5,7-11,16H,3-4,6,12-13H2,1-2H3/t16-/m0/s1. The summed E-state index contributed by atoms with van der Waals surface area (Å²) in [5.41, 5.74) is 0.523. The highest BCUT2D eigenvalue weighted by molar-refractivity contribution is 6.30. The van der Waals surface area contributed by atoms with Crippen LogP contribution in [-0.4, -0.2) is 52.4 Å². The van der Waals surface area contributed by atoms with E-state index in [1.807, 2.05) is 6.92 Å². The summed E-state index contributed by atoms with van der Waals surface area (Å²) in [7, 11) is 0. The number of Topliss-reactive ketones (excluding diaryl/α,β-unsaturated/α-hetero) is 1. The van der Waals surface area contributed by atoms with Crippen LogP contribution in [0.4, 0.5) is 10.7 Å². The zero-order chi connectivity index (χ0) is 20.1. The zero-order valence-electron chi connectivity index (χ0n) is 16.0. The molecule has 0 spiro atoms.